The Labute approximate surface area is 171 Å². The van der Waals surface area contributed by atoms with Crippen molar-refractivity contribution in [3.63, 3.8) is 0 Å². The number of nitrogens with two attached hydrogens (primary N) is 1. The van der Waals surface area contributed by atoms with E-state index < -0.39 is 0 Å². The first-order valence-corrected chi connectivity index (χ1v) is 9.57. The van der Waals surface area contributed by atoms with E-state index in [1.165, 1.54) is 11.8 Å². The summed E-state index contributed by atoms with van der Waals surface area (Å²) in [6.45, 7) is 0. The topological polar surface area (TPSA) is 105 Å². The Morgan fingerprint density at radius 2 is 1.68 bits per heavy atom. The second-order valence-corrected chi connectivity index (χ2v) is 7.22. The van der Waals surface area contributed by atoms with E-state index >= 15 is 0 Å². The van der Waals surface area contributed by atoms with Crippen LogP contribution in [-0.2, 0) is 0 Å². The lowest BCUT2D eigenvalue weighted by Crippen LogP contribution is -2.19. The van der Waals surface area contributed by atoms with Crippen LogP contribution in [0, 0.1) is 22.7 Å². The summed E-state index contributed by atoms with van der Waals surface area (Å²) in [4.78, 5) is 15.3. The quantitative estimate of drug-likeness (QED) is 0.507. The van der Waals surface area contributed by atoms with Gasteiger partial charge in [0.25, 0.3) is 5.82 Å². The molecule has 0 aliphatic carbocycles. The Balaban J connectivity index is 2.03. The first-order valence-electron chi connectivity index (χ1n) is 8.21. The van der Waals surface area contributed by atoms with Gasteiger partial charge in [0.1, 0.15) is 23.3 Å². The zero-order chi connectivity index (χ0) is 20.1. The number of nitrogens with one attached hydrogen (secondary N) is 1. The molecule has 0 radical (unpaired) electrons. The smallest absolute Gasteiger partial charge is 0.289 e. The van der Waals surface area contributed by atoms with Gasteiger partial charge in [-0.1, -0.05) is 65.8 Å². The van der Waals surface area contributed by atoms with Crippen molar-refractivity contribution in [2.24, 2.45) is 0 Å². The number of anilines is 1. The monoisotopic (exact) mass is 405 g/mol. The summed E-state index contributed by atoms with van der Waals surface area (Å²) >= 11 is 7.13. The molecule has 0 spiro atoms. The fourth-order valence-electron chi connectivity index (χ4n) is 2.70. The summed E-state index contributed by atoms with van der Waals surface area (Å²) in [5.74, 6) is 0.195. The van der Waals surface area contributed by atoms with Gasteiger partial charge in [-0.05, 0) is 17.7 Å². The van der Waals surface area contributed by atoms with Crippen LogP contribution < -0.4 is 10.7 Å². The van der Waals surface area contributed by atoms with Crippen LogP contribution in [0.25, 0.3) is 11.1 Å². The number of Topliss-reactive ketones (excluding diaryl/α,β-unsaturated/α-hetero) is 1. The molecule has 1 heterocycles. The van der Waals surface area contributed by atoms with E-state index in [1.54, 1.807) is 48.5 Å². The van der Waals surface area contributed by atoms with E-state index in [4.69, 9.17) is 17.3 Å². The van der Waals surface area contributed by atoms with Gasteiger partial charge in [-0.15, -0.1) is 0 Å². The summed E-state index contributed by atoms with van der Waals surface area (Å²) in [6, 6.07) is 19.9. The van der Waals surface area contributed by atoms with Crippen molar-refractivity contribution in [3.8, 4) is 23.3 Å². The van der Waals surface area contributed by atoms with Crippen molar-refractivity contribution in [3.05, 3.63) is 76.3 Å². The van der Waals surface area contributed by atoms with E-state index in [-0.39, 0.29) is 28.5 Å². The van der Waals surface area contributed by atoms with Crippen molar-refractivity contribution >= 4 is 35.0 Å². The molecule has 0 atom stereocenters. The molecule has 0 fully saturated rings. The highest BCUT2D eigenvalue weighted by molar-refractivity contribution is 7.99. The predicted octanol–water partition coefficient (Wildman–Crippen LogP) is 4.12. The first-order chi connectivity index (χ1) is 13.5. The molecule has 1 aromatic heterocycles. The Morgan fingerprint density at radius 1 is 1.04 bits per heavy atom. The molecule has 3 N–H and O–H groups in total. The van der Waals surface area contributed by atoms with E-state index in [2.05, 4.69) is 17.1 Å². The minimum absolute atomic E-state index is 0.0705. The summed E-state index contributed by atoms with van der Waals surface area (Å²) in [5.41, 5.74) is 8.13. The van der Waals surface area contributed by atoms with E-state index in [0.717, 1.165) is 0 Å². The standard InChI is InChI=1S/C21H13ClN4OS/c22-15-8-6-14(7-9-15)19-16(10-23)20(25)26-21(17(19)11-24)28-12-18(27)13-4-2-1-3-5-13/h1-9H,12H2,(H2,25,26)/p+1. The number of halogens is 1. The Kier molecular flexibility index (Phi) is 5.96. The van der Waals surface area contributed by atoms with Gasteiger partial charge < -0.3 is 0 Å². The number of benzene rings is 2. The van der Waals surface area contributed by atoms with Gasteiger partial charge in [0.15, 0.2) is 10.8 Å². The normalized spacial score (nSPS) is 10.1. The van der Waals surface area contributed by atoms with Crippen LogP contribution in [-0.4, -0.2) is 11.5 Å². The lowest BCUT2D eigenvalue weighted by molar-refractivity contribution is -0.410. The highest BCUT2D eigenvalue weighted by Crippen LogP contribution is 2.34. The van der Waals surface area contributed by atoms with Gasteiger partial charge in [0.2, 0.25) is 0 Å². The Hall–Kier alpha value is -3.32. The molecule has 0 saturated carbocycles. The van der Waals surface area contributed by atoms with Crippen LogP contribution in [0.4, 0.5) is 5.82 Å². The molecule has 0 unspecified atom stereocenters. The average Bonchev–Trinajstić information content (AvgIpc) is 2.72. The van der Waals surface area contributed by atoms with E-state index in [0.29, 0.717) is 26.7 Å². The SMILES string of the molecule is N#Cc1c(N)[nH+]c(SCC(=O)c2ccccc2)c(C#N)c1-c1ccc(Cl)cc1. The zero-order valence-corrected chi connectivity index (χ0v) is 16.1. The minimum atomic E-state index is -0.0705. The molecule has 2 aromatic carbocycles. The van der Waals surface area contributed by atoms with E-state index in [1.807, 2.05) is 6.07 Å². The predicted molar refractivity (Wildman–Crippen MR) is 109 cm³/mol. The van der Waals surface area contributed by atoms with Crippen molar-refractivity contribution in [2.75, 3.05) is 11.5 Å². The molecule has 5 nitrogen and oxygen atoms in total. The third-order valence-corrected chi connectivity index (χ3v) is 5.30. The van der Waals surface area contributed by atoms with Gasteiger partial charge >= 0.3 is 0 Å². The van der Waals surface area contributed by atoms with Gasteiger partial charge in [0, 0.05) is 16.1 Å². The Bertz CT molecular complexity index is 1120. The number of carbonyl (C=O) groups excluding carboxylic acids is 1. The second kappa shape index (κ2) is 8.58. The molecule has 0 saturated heterocycles. The molecule has 7 heteroatoms. The van der Waals surface area contributed by atoms with Gasteiger partial charge in [0.05, 0.1) is 5.75 Å². The maximum absolute atomic E-state index is 12.4. The van der Waals surface area contributed by atoms with Crippen LogP contribution in [0.1, 0.15) is 21.5 Å². The van der Waals surface area contributed by atoms with Crippen molar-refractivity contribution in [1.82, 2.24) is 0 Å². The lowest BCUT2D eigenvalue weighted by Gasteiger charge is -2.10. The molecule has 3 aromatic rings. The van der Waals surface area contributed by atoms with Crippen LogP contribution in [0.2, 0.25) is 5.02 Å². The van der Waals surface area contributed by atoms with E-state index in [9.17, 15) is 15.3 Å². The molecule has 0 aliphatic heterocycles. The Morgan fingerprint density at radius 3 is 2.29 bits per heavy atom. The number of nitrogen functional groups attached to an aromatic ring is 1. The molecule has 136 valence electrons. The number of rotatable bonds is 5. The summed E-state index contributed by atoms with van der Waals surface area (Å²) in [5, 5.41) is 20.3. The fraction of sp³-hybridized carbons (Fsp3) is 0.0476. The number of H-pyrrole nitrogens is 1. The number of carbonyl (C=O) groups is 1. The number of nitrogens with zero attached hydrogens (tertiary/aromatic N) is 2. The number of hydrogen-bond donors (Lipinski definition) is 1. The number of aromatic nitrogens is 1. The van der Waals surface area contributed by atoms with Crippen LogP contribution in [0.5, 0.6) is 0 Å². The van der Waals surface area contributed by atoms with Crippen molar-refractivity contribution in [2.45, 2.75) is 5.03 Å². The molecule has 0 bridgehead atoms. The number of hydrogen-bond acceptors (Lipinski definition) is 5. The number of nitriles is 2. The average molecular weight is 406 g/mol. The zero-order valence-electron chi connectivity index (χ0n) is 14.6. The van der Waals surface area contributed by atoms with Crippen molar-refractivity contribution in [1.29, 1.82) is 10.5 Å². The third kappa shape index (κ3) is 3.99. The molecule has 0 aliphatic rings. The maximum atomic E-state index is 12.4. The largest absolute Gasteiger partial charge is 0.293 e. The highest BCUT2D eigenvalue weighted by Gasteiger charge is 2.24. The molecule has 0 amide bonds. The molecular formula is C21H14ClN4OS+. The van der Waals surface area contributed by atoms with Gasteiger partial charge in [-0.2, -0.15) is 10.5 Å². The summed E-state index contributed by atoms with van der Waals surface area (Å²) in [6.07, 6.45) is 0. The second-order valence-electron chi connectivity index (χ2n) is 5.80. The molecular weight excluding hydrogens is 392 g/mol. The van der Waals surface area contributed by atoms with Crippen LogP contribution in [0.3, 0.4) is 0 Å². The van der Waals surface area contributed by atoms with Gasteiger partial charge in [-0.3, -0.25) is 10.5 Å². The highest BCUT2D eigenvalue weighted by atomic mass is 35.5. The maximum Gasteiger partial charge on any atom is 0.289 e. The summed E-state index contributed by atoms with van der Waals surface area (Å²) < 4.78 is 0. The molecule has 28 heavy (non-hydrogen) atoms. The third-order valence-electron chi connectivity index (χ3n) is 4.04. The van der Waals surface area contributed by atoms with Crippen molar-refractivity contribution < 1.29 is 9.78 Å². The number of ketones is 1. The number of thioether (sulfide) groups is 1. The molecule has 3 rings (SSSR count). The van der Waals surface area contributed by atoms with Crippen LogP contribution >= 0.6 is 23.4 Å². The summed E-state index contributed by atoms with van der Waals surface area (Å²) in [7, 11) is 0. The lowest BCUT2D eigenvalue weighted by atomic mass is 9.97. The number of pyridine rings is 1. The number of aromatic amines is 1. The van der Waals surface area contributed by atoms with Gasteiger partial charge in [-0.25, -0.2) is 4.98 Å². The van der Waals surface area contributed by atoms with Crippen LogP contribution in [0.15, 0.2) is 59.6 Å². The fourth-order valence-corrected chi connectivity index (χ4v) is 3.74. The minimum Gasteiger partial charge on any atom is -0.293 e. The first kappa shape index (κ1) is 19.4.